The third kappa shape index (κ3) is 7.90. The van der Waals surface area contributed by atoms with E-state index in [1.807, 2.05) is 56.3 Å². The van der Waals surface area contributed by atoms with E-state index in [4.69, 9.17) is 0 Å². The predicted octanol–water partition coefficient (Wildman–Crippen LogP) is 2.19. The summed E-state index contributed by atoms with van der Waals surface area (Å²) < 4.78 is 0. The Morgan fingerprint density at radius 3 is 2.18 bits per heavy atom. The zero-order chi connectivity index (χ0) is 20.4. The van der Waals surface area contributed by atoms with E-state index >= 15 is 0 Å². The van der Waals surface area contributed by atoms with Crippen molar-refractivity contribution in [3.63, 3.8) is 0 Å². The van der Waals surface area contributed by atoms with Crippen molar-refractivity contribution in [1.82, 2.24) is 16.0 Å². The predicted molar refractivity (Wildman–Crippen MR) is 109 cm³/mol. The van der Waals surface area contributed by atoms with Crippen molar-refractivity contribution >= 4 is 23.5 Å². The Bertz CT molecular complexity index is 789. The Morgan fingerprint density at radius 2 is 1.54 bits per heavy atom. The molecule has 0 aliphatic carbocycles. The van der Waals surface area contributed by atoms with Crippen molar-refractivity contribution < 1.29 is 14.4 Å². The lowest BCUT2D eigenvalue weighted by molar-refractivity contribution is -0.121. The van der Waals surface area contributed by atoms with Crippen molar-refractivity contribution in [2.75, 3.05) is 11.9 Å². The number of urea groups is 1. The molecule has 0 fully saturated rings. The molecule has 0 aliphatic rings. The molecule has 0 radical (unpaired) electrons. The lowest BCUT2D eigenvalue weighted by Crippen LogP contribution is -2.41. The molecule has 0 saturated heterocycles. The van der Waals surface area contributed by atoms with E-state index in [2.05, 4.69) is 21.3 Å². The molecule has 0 unspecified atom stereocenters. The number of hydrogen-bond donors (Lipinski definition) is 4. The number of hydrogen-bond acceptors (Lipinski definition) is 4. The molecule has 0 bridgehead atoms. The molecule has 4 N–H and O–H groups in total. The highest BCUT2D eigenvalue weighted by atomic mass is 16.2. The summed E-state index contributed by atoms with van der Waals surface area (Å²) >= 11 is 0. The molecule has 148 valence electrons. The average Bonchev–Trinajstić information content (AvgIpc) is 2.66. The van der Waals surface area contributed by atoms with Gasteiger partial charge in [0, 0.05) is 18.3 Å². The highest BCUT2D eigenvalue weighted by Crippen LogP contribution is 2.09. The first kappa shape index (κ1) is 21.0. The number of carbonyl (C=O) groups is 3. The summed E-state index contributed by atoms with van der Waals surface area (Å²) in [6.07, 6.45) is 0.306. The maximum atomic E-state index is 11.9. The molecular formula is C21H26N4O3. The molecule has 2 aromatic rings. The van der Waals surface area contributed by atoms with Gasteiger partial charge in [0.25, 0.3) is 0 Å². The zero-order valence-corrected chi connectivity index (χ0v) is 16.1. The second-order valence-electron chi connectivity index (χ2n) is 6.67. The first-order valence-electron chi connectivity index (χ1n) is 9.16. The first-order chi connectivity index (χ1) is 13.4. The Hall–Kier alpha value is -3.35. The molecule has 2 aromatic carbocycles. The van der Waals surface area contributed by atoms with Gasteiger partial charge in [-0.3, -0.25) is 14.9 Å². The number of nitrogens with one attached hydrogen (secondary N) is 4. The second-order valence-corrected chi connectivity index (χ2v) is 6.67. The summed E-state index contributed by atoms with van der Waals surface area (Å²) in [7, 11) is 0. The van der Waals surface area contributed by atoms with E-state index in [-0.39, 0.29) is 18.5 Å². The molecule has 0 saturated carbocycles. The number of benzene rings is 2. The molecular weight excluding hydrogens is 356 g/mol. The summed E-state index contributed by atoms with van der Waals surface area (Å²) in [5.41, 5.74) is 2.56. The van der Waals surface area contributed by atoms with Crippen LogP contribution in [0.15, 0.2) is 54.6 Å². The van der Waals surface area contributed by atoms with E-state index in [1.54, 1.807) is 12.1 Å². The maximum absolute atomic E-state index is 11.9. The SMILES string of the molecule is CC(C)NC(=O)Cc1ccc(NCC(=O)NC(=O)NCc2ccccc2)cc1. The average molecular weight is 382 g/mol. The molecule has 4 amide bonds. The fourth-order valence-electron chi connectivity index (χ4n) is 2.47. The number of rotatable bonds is 8. The highest BCUT2D eigenvalue weighted by Gasteiger charge is 2.08. The van der Waals surface area contributed by atoms with Crippen LogP contribution in [0.5, 0.6) is 0 Å². The van der Waals surface area contributed by atoms with Gasteiger partial charge in [-0.2, -0.15) is 0 Å². The van der Waals surface area contributed by atoms with E-state index < -0.39 is 11.9 Å². The van der Waals surface area contributed by atoms with Crippen LogP contribution >= 0.6 is 0 Å². The summed E-state index contributed by atoms with van der Waals surface area (Å²) in [6, 6.07) is 16.2. The summed E-state index contributed by atoms with van der Waals surface area (Å²) in [4.78, 5) is 35.4. The van der Waals surface area contributed by atoms with E-state index in [9.17, 15) is 14.4 Å². The van der Waals surface area contributed by atoms with Crippen LogP contribution in [0.2, 0.25) is 0 Å². The van der Waals surface area contributed by atoms with Crippen LogP contribution in [0.1, 0.15) is 25.0 Å². The lowest BCUT2D eigenvalue weighted by Gasteiger charge is -2.10. The molecule has 7 nitrogen and oxygen atoms in total. The van der Waals surface area contributed by atoms with Crippen molar-refractivity contribution in [2.45, 2.75) is 32.9 Å². The Kier molecular flexibility index (Phi) is 8.02. The Balaban J connectivity index is 1.70. The molecule has 0 aromatic heterocycles. The fourth-order valence-corrected chi connectivity index (χ4v) is 2.47. The third-order valence-electron chi connectivity index (χ3n) is 3.77. The quantitative estimate of drug-likeness (QED) is 0.562. The highest BCUT2D eigenvalue weighted by molar-refractivity contribution is 5.96. The van der Waals surface area contributed by atoms with Crippen LogP contribution in [-0.4, -0.2) is 30.4 Å². The van der Waals surface area contributed by atoms with Gasteiger partial charge >= 0.3 is 6.03 Å². The molecule has 0 aliphatic heterocycles. The van der Waals surface area contributed by atoms with Crippen LogP contribution in [0.4, 0.5) is 10.5 Å². The lowest BCUT2D eigenvalue weighted by atomic mass is 10.1. The standard InChI is InChI=1S/C21H26N4O3/c1-15(2)24-19(26)12-16-8-10-18(11-9-16)22-14-20(27)25-21(28)23-13-17-6-4-3-5-7-17/h3-11,15,22H,12-14H2,1-2H3,(H,24,26)(H2,23,25,27,28). The van der Waals surface area contributed by atoms with Crippen LogP contribution in [0, 0.1) is 0 Å². The first-order valence-corrected chi connectivity index (χ1v) is 9.16. The Morgan fingerprint density at radius 1 is 0.857 bits per heavy atom. The van der Waals surface area contributed by atoms with Gasteiger partial charge in [0.05, 0.1) is 13.0 Å². The van der Waals surface area contributed by atoms with Gasteiger partial charge in [0.1, 0.15) is 0 Å². The largest absolute Gasteiger partial charge is 0.376 e. The van der Waals surface area contributed by atoms with Crippen LogP contribution in [0.25, 0.3) is 0 Å². The topological polar surface area (TPSA) is 99.3 Å². The van der Waals surface area contributed by atoms with E-state index in [1.165, 1.54) is 0 Å². The van der Waals surface area contributed by atoms with E-state index in [0.29, 0.717) is 13.0 Å². The third-order valence-corrected chi connectivity index (χ3v) is 3.77. The molecule has 0 atom stereocenters. The fraction of sp³-hybridized carbons (Fsp3) is 0.286. The summed E-state index contributed by atoms with van der Waals surface area (Å²) in [5, 5.41) is 10.7. The molecule has 2 rings (SSSR count). The van der Waals surface area contributed by atoms with Gasteiger partial charge in [0.15, 0.2) is 0 Å². The van der Waals surface area contributed by atoms with Gasteiger partial charge in [-0.05, 0) is 37.1 Å². The number of amides is 4. The van der Waals surface area contributed by atoms with Crippen molar-refractivity contribution in [2.24, 2.45) is 0 Å². The Labute approximate surface area is 164 Å². The molecule has 0 heterocycles. The second kappa shape index (κ2) is 10.7. The van der Waals surface area contributed by atoms with Gasteiger partial charge in [-0.1, -0.05) is 42.5 Å². The van der Waals surface area contributed by atoms with Crippen molar-refractivity contribution in [3.05, 3.63) is 65.7 Å². The normalized spacial score (nSPS) is 10.2. The minimum atomic E-state index is -0.540. The minimum Gasteiger partial charge on any atom is -0.376 e. The van der Waals surface area contributed by atoms with Crippen molar-refractivity contribution in [3.8, 4) is 0 Å². The van der Waals surface area contributed by atoms with Gasteiger partial charge in [0.2, 0.25) is 11.8 Å². The van der Waals surface area contributed by atoms with Gasteiger partial charge in [-0.15, -0.1) is 0 Å². The maximum Gasteiger partial charge on any atom is 0.321 e. The van der Waals surface area contributed by atoms with Crippen molar-refractivity contribution in [1.29, 1.82) is 0 Å². The molecule has 28 heavy (non-hydrogen) atoms. The van der Waals surface area contributed by atoms with Crippen LogP contribution in [-0.2, 0) is 22.6 Å². The number of imide groups is 1. The monoisotopic (exact) mass is 382 g/mol. The number of carbonyl (C=O) groups excluding carboxylic acids is 3. The molecule has 0 spiro atoms. The van der Waals surface area contributed by atoms with Gasteiger partial charge < -0.3 is 16.0 Å². The van der Waals surface area contributed by atoms with Crippen LogP contribution in [0.3, 0.4) is 0 Å². The zero-order valence-electron chi connectivity index (χ0n) is 16.1. The summed E-state index contributed by atoms with van der Waals surface area (Å²) in [5.74, 6) is -0.470. The number of anilines is 1. The van der Waals surface area contributed by atoms with Crippen LogP contribution < -0.4 is 21.3 Å². The van der Waals surface area contributed by atoms with Gasteiger partial charge in [-0.25, -0.2) is 4.79 Å². The van der Waals surface area contributed by atoms with E-state index in [0.717, 1.165) is 16.8 Å². The minimum absolute atomic E-state index is 0.0309. The smallest absolute Gasteiger partial charge is 0.321 e. The molecule has 7 heteroatoms. The summed E-state index contributed by atoms with van der Waals surface area (Å²) in [6.45, 7) is 4.14.